The summed E-state index contributed by atoms with van der Waals surface area (Å²) in [4.78, 5) is 24.8. The molecule has 0 radical (unpaired) electrons. The van der Waals surface area contributed by atoms with Crippen LogP contribution in [0.25, 0.3) is 0 Å². The second-order valence-electron chi connectivity index (χ2n) is 6.34. The van der Waals surface area contributed by atoms with Crippen LogP contribution in [-0.4, -0.2) is 25.2 Å². The maximum absolute atomic E-state index is 13.6. The van der Waals surface area contributed by atoms with Crippen molar-refractivity contribution in [3.8, 4) is 17.2 Å². The summed E-state index contributed by atoms with van der Waals surface area (Å²) in [6, 6.07) is 17.4. The van der Waals surface area contributed by atoms with Gasteiger partial charge in [-0.15, -0.1) is 0 Å². The predicted octanol–water partition coefficient (Wildman–Crippen LogP) is 3.82. The van der Waals surface area contributed by atoms with Crippen molar-refractivity contribution in [3.05, 3.63) is 78.1 Å². The van der Waals surface area contributed by atoms with Gasteiger partial charge in [0.2, 0.25) is 6.79 Å². The van der Waals surface area contributed by atoms with Gasteiger partial charge in [0, 0.05) is 11.8 Å². The quantitative estimate of drug-likeness (QED) is 0.648. The third kappa shape index (κ3) is 4.33. The molecule has 7 nitrogen and oxygen atoms in total. The first-order valence-corrected chi connectivity index (χ1v) is 9.07. The summed E-state index contributed by atoms with van der Waals surface area (Å²) in [5.41, 5.74) is 0.824. The summed E-state index contributed by atoms with van der Waals surface area (Å²) < 4.78 is 29.7. The number of fused-ring (bicyclic) bond motifs is 1. The second kappa shape index (κ2) is 8.52. The van der Waals surface area contributed by atoms with E-state index in [1.165, 1.54) is 18.2 Å². The molecule has 8 heteroatoms. The van der Waals surface area contributed by atoms with Crippen LogP contribution in [-0.2, 0) is 4.79 Å². The number of halogens is 1. The van der Waals surface area contributed by atoms with E-state index in [2.05, 4.69) is 10.6 Å². The van der Waals surface area contributed by atoms with Gasteiger partial charge in [-0.2, -0.15) is 0 Å². The van der Waals surface area contributed by atoms with Crippen LogP contribution in [0.1, 0.15) is 10.4 Å². The van der Waals surface area contributed by atoms with Crippen LogP contribution in [0, 0.1) is 5.82 Å². The summed E-state index contributed by atoms with van der Waals surface area (Å²) >= 11 is 0. The molecule has 1 aliphatic rings. The van der Waals surface area contributed by atoms with Crippen LogP contribution in [0.5, 0.6) is 17.2 Å². The van der Waals surface area contributed by atoms with Crippen molar-refractivity contribution in [2.24, 2.45) is 0 Å². The lowest BCUT2D eigenvalue weighted by atomic mass is 10.1. The first kappa shape index (κ1) is 19.3. The van der Waals surface area contributed by atoms with E-state index in [9.17, 15) is 14.0 Å². The Balaban J connectivity index is 1.41. The Hall–Kier alpha value is -4.07. The first-order valence-electron chi connectivity index (χ1n) is 9.07. The number of hydrogen-bond donors (Lipinski definition) is 2. The fourth-order valence-corrected chi connectivity index (χ4v) is 2.84. The number of para-hydroxylation sites is 2. The van der Waals surface area contributed by atoms with Gasteiger partial charge in [-0.1, -0.05) is 24.3 Å². The number of rotatable bonds is 6. The minimum absolute atomic E-state index is 0.0555. The number of nitrogens with one attached hydrogen (secondary N) is 2. The molecule has 0 saturated heterocycles. The average Bonchev–Trinajstić information content (AvgIpc) is 3.22. The van der Waals surface area contributed by atoms with E-state index in [1.807, 2.05) is 0 Å². The van der Waals surface area contributed by atoms with Crippen molar-refractivity contribution < 1.29 is 28.2 Å². The molecule has 1 aliphatic heterocycles. The summed E-state index contributed by atoms with van der Waals surface area (Å²) in [5, 5.41) is 5.19. The normalized spacial score (nSPS) is 11.6. The molecule has 2 amide bonds. The zero-order valence-electron chi connectivity index (χ0n) is 15.7. The summed E-state index contributed by atoms with van der Waals surface area (Å²) in [6.07, 6.45) is 0. The number of benzene rings is 3. The number of amides is 2. The Morgan fingerprint density at radius 1 is 0.933 bits per heavy atom. The van der Waals surface area contributed by atoms with Gasteiger partial charge in [-0.3, -0.25) is 9.59 Å². The molecule has 2 N–H and O–H groups in total. The van der Waals surface area contributed by atoms with Crippen LogP contribution in [0.15, 0.2) is 66.7 Å². The van der Waals surface area contributed by atoms with Gasteiger partial charge >= 0.3 is 0 Å². The second-order valence-corrected chi connectivity index (χ2v) is 6.34. The van der Waals surface area contributed by atoms with Crippen LogP contribution in [0.3, 0.4) is 0 Å². The van der Waals surface area contributed by atoms with Crippen molar-refractivity contribution >= 4 is 23.2 Å². The molecular formula is C22H17FN2O5. The van der Waals surface area contributed by atoms with Crippen LogP contribution in [0.4, 0.5) is 15.8 Å². The lowest BCUT2D eigenvalue weighted by Gasteiger charge is -2.12. The Labute approximate surface area is 171 Å². The van der Waals surface area contributed by atoms with Crippen molar-refractivity contribution in [1.29, 1.82) is 0 Å². The van der Waals surface area contributed by atoms with E-state index in [-0.39, 0.29) is 30.4 Å². The highest BCUT2D eigenvalue weighted by atomic mass is 19.1. The largest absolute Gasteiger partial charge is 0.483 e. The Morgan fingerprint density at radius 3 is 2.57 bits per heavy atom. The molecule has 0 spiro atoms. The fourth-order valence-electron chi connectivity index (χ4n) is 2.84. The van der Waals surface area contributed by atoms with Gasteiger partial charge in [0.05, 0.1) is 11.3 Å². The van der Waals surface area contributed by atoms with Gasteiger partial charge < -0.3 is 24.8 Å². The molecule has 30 heavy (non-hydrogen) atoms. The first-order chi connectivity index (χ1) is 14.6. The molecule has 0 unspecified atom stereocenters. The molecule has 0 aromatic heterocycles. The Kier molecular flexibility index (Phi) is 5.47. The third-order valence-electron chi connectivity index (χ3n) is 4.27. The molecule has 0 fully saturated rings. The van der Waals surface area contributed by atoms with Crippen molar-refractivity contribution in [2.45, 2.75) is 0 Å². The van der Waals surface area contributed by atoms with Gasteiger partial charge in [-0.05, 0) is 36.4 Å². The molecule has 0 aliphatic carbocycles. The van der Waals surface area contributed by atoms with Gasteiger partial charge in [-0.25, -0.2) is 4.39 Å². The predicted molar refractivity (Wildman–Crippen MR) is 107 cm³/mol. The van der Waals surface area contributed by atoms with E-state index in [4.69, 9.17) is 14.2 Å². The average molecular weight is 408 g/mol. The monoisotopic (exact) mass is 408 g/mol. The lowest BCUT2D eigenvalue weighted by molar-refractivity contribution is -0.118. The number of hydrogen-bond acceptors (Lipinski definition) is 5. The van der Waals surface area contributed by atoms with Crippen LogP contribution < -0.4 is 24.8 Å². The fraction of sp³-hybridized carbons (Fsp3) is 0.0909. The molecular weight excluding hydrogens is 391 g/mol. The minimum atomic E-state index is -0.550. The highest BCUT2D eigenvalue weighted by Crippen LogP contribution is 2.34. The van der Waals surface area contributed by atoms with Crippen LogP contribution in [0.2, 0.25) is 0 Å². The van der Waals surface area contributed by atoms with Gasteiger partial charge in [0.25, 0.3) is 11.8 Å². The molecule has 3 aromatic rings. The van der Waals surface area contributed by atoms with Gasteiger partial charge in [0.1, 0.15) is 11.6 Å². The number of carbonyl (C=O) groups excluding carboxylic acids is 2. The molecule has 1 heterocycles. The number of anilines is 2. The summed E-state index contributed by atoms with van der Waals surface area (Å²) in [6.45, 7) is -0.249. The smallest absolute Gasteiger partial charge is 0.262 e. The van der Waals surface area contributed by atoms with E-state index < -0.39 is 17.6 Å². The minimum Gasteiger partial charge on any atom is -0.483 e. The topological polar surface area (TPSA) is 85.9 Å². The zero-order valence-corrected chi connectivity index (χ0v) is 15.7. The molecule has 0 saturated carbocycles. The Bertz CT molecular complexity index is 1100. The highest BCUT2D eigenvalue weighted by molar-refractivity contribution is 6.06. The third-order valence-corrected chi connectivity index (χ3v) is 4.27. The molecule has 3 aromatic carbocycles. The SMILES string of the molecule is O=C(COc1ccccc1C(=O)Nc1ccc2c(c1)OCO2)Nc1ccccc1F. The van der Waals surface area contributed by atoms with Crippen LogP contribution >= 0.6 is 0 Å². The Morgan fingerprint density at radius 2 is 1.70 bits per heavy atom. The standard InChI is InChI=1S/C22H17FN2O5/c23-16-6-2-3-7-17(16)25-21(26)12-28-18-8-4-1-5-15(18)22(27)24-14-9-10-19-20(11-14)30-13-29-19/h1-11H,12-13H2,(H,24,27)(H,25,26). The van der Waals surface area contributed by atoms with Crippen molar-refractivity contribution in [3.63, 3.8) is 0 Å². The molecule has 0 atom stereocenters. The van der Waals surface area contributed by atoms with Crippen molar-refractivity contribution in [2.75, 3.05) is 24.0 Å². The summed E-state index contributed by atoms with van der Waals surface area (Å²) in [7, 11) is 0. The maximum Gasteiger partial charge on any atom is 0.262 e. The highest BCUT2D eigenvalue weighted by Gasteiger charge is 2.17. The lowest BCUT2D eigenvalue weighted by Crippen LogP contribution is -2.22. The molecule has 152 valence electrons. The molecule has 4 rings (SSSR count). The molecule has 0 bridgehead atoms. The van der Waals surface area contributed by atoms with E-state index >= 15 is 0 Å². The number of ether oxygens (including phenoxy) is 3. The van der Waals surface area contributed by atoms with E-state index in [0.29, 0.717) is 17.2 Å². The zero-order chi connectivity index (χ0) is 20.9. The number of carbonyl (C=O) groups is 2. The summed E-state index contributed by atoms with van der Waals surface area (Å²) in [5.74, 6) is -0.140. The van der Waals surface area contributed by atoms with Gasteiger partial charge in [0.15, 0.2) is 18.1 Å². The van der Waals surface area contributed by atoms with E-state index in [0.717, 1.165) is 0 Å². The van der Waals surface area contributed by atoms with Crippen molar-refractivity contribution in [1.82, 2.24) is 0 Å². The maximum atomic E-state index is 13.6. The van der Waals surface area contributed by atoms with E-state index in [1.54, 1.807) is 48.5 Å².